The minimum absolute atomic E-state index is 0.0669. The maximum absolute atomic E-state index is 13.5. The zero-order valence-corrected chi connectivity index (χ0v) is 11.1. The molecule has 2 amide bonds. The molecule has 0 aliphatic carbocycles. The van der Waals surface area contributed by atoms with Crippen LogP contribution in [0.4, 0.5) is 4.39 Å². The van der Waals surface area contributed by atoms with Crippen LogP contribution >= 0.6 is 15.9 Å². The summed E-state index contributed by atoms with van der Waals surface area (Å²) >= 11 is 3.18. The van der Waals surface area contributed by atoms with Crippen molar-refractivity contribution < 1.29 is 14.0 Å². The Balaban J connectivity index is 2.11. The van der Waals surface area contributed by atoms with Gasteiger partial charge in [-0.1, -0.05) is 15.9 Å². The summed E-state index contributed by atoms with van der Waals surface area (Å²) in [6, 6.07) is 3.54. The third kappa shape index (κ3) is 2.87. The predicted octanol–water partition coefficient (Wildman–Crippen LogP) is 1.60. The van der Waals surface area contributed by atoms with Gasteiger partial charge in [0.05, 0.1) is 5.56 Å². The Kier molecular flexibility index (Phi) is 3.96. The Labute approximate surface area is 112 Å². The van der Waals surface area contributed by atoms with E-state index < -0.39 is 17.8 Å². The van der Waals surface area contributed by atoms with Crippen molar-refractivity contribution in [2.24, 2.45) is 0 Å². The molecule has 1 heterocycles. The maximum Gasteiger partial charge on any atom is 0.254 e. The number of carbonyl (C=O) groups is 2. The molecule has 1 fully saturated rings. The first kappa shape index (κ1) is 13.0. The lowest BCUT2D eigenvalue weighted by molar-refractivity contribution is -0.124. The second kappa shape index (κ2) is 5.48. The van der Waals surface area contributed by atoms with Crippen LogP contribution in [-0.2, 0) is 4.79 Å². The van der Waals surface area contributed by atoms with Gasteiger partial charge >= 0.3 is 0 Å². The third-order valence-corrected chi connectivity index (χ3v) is 3.26. The summed E-state index contributed by atoms with van der Waals surface area (Å²) in [4.78, 5) is 23.4. The third-order valence-electron chi connectivity index (χ3n) is 2.76. The largest absolute Gasteiger partial charge is 0.354 e. The van der Waals surface area contributed by atoms with Gasteiger partial charge in [0, 0.05) is 11.0 Å². The Morgan fingerprint density at radius 2 is 2.28 bits per heavy atom. The number of benzene rings is 1. The molecule has 1 saturated heterocycles. The molecule has 1 aromatic rings. The van der Waals surface area contributed by atoms with Crippen molar-refractivity contribution in [1.29, 1.82) is 0 Å². The molecule has 0 spiro atoms. The molecule has 96 valence electrons. The molecule has 0 aromatic heterocycles. The first-order valence-electron chi connectivity index (χ1n) is 5.61. The van der Waals surface area contributed by atoms with E-state index in [1.54, 1.807) is 0 Å². The summed E-state index contributed by atoms with van der Waals surface area (Å²) < 4.78 is 14.1. The van der Waals surface area contributed by atoms with Crippen molar-refractivity contribution in [1.82, 2.24) is 10.6 Å². The summed E-state index contributed by atoms with van der Waals surface area (Å²) in [7, 11) is 0. The van der Waals surface area contributed by atoms with Crippen LogP contribution in [-0.4, -0.2) is 24.4 Å². The number of piperidine rings is 1. The maximum atomic E-state index is 13.5. The molecule has 0 radical (unpaired) electrons. The fourth-order valence-electron chi connectivity index (χ4n) is 1.82. The summed E-state index contributed by atoms with van der Waals surface area (Å²) in [5.74, 6) is -1.40. The SMILES string of the molecule is O=C(NC1CCCNC1=O)c1cc(Br)ccc1F. The van der Waals surface area contributed by atoms with Crippen LogP contribution in [0.15, 0.2) is 22.7 Å². The van der Waals surface area contributed by atoms with E-state index in [0.29, 0.717) is 17.4 Å². The second-order valence-electron chi connectivity index (χ2n) is 4.08. The molecule has 1 aliphatic heterocycles. The van der Waals surface area contributed by atoms with Crippen LogP contribution in [0.2, 0.25) is 0 Å². The van der Waals surface area contributed by atoms with E-state index in [9.17, 15) is 14.0 Å². The van der Waals surface area contributed by atoms with E-state index in [-0.39, 0.29) is 11.5 Å². The van der Waals surface area contributed by atoms with Crippen LogP contribution < -0.4 is 10.6 Å². The van der Waals surface area contributed by atoms with Crippen molar-refractivity contribution in [2.75, 3.05) is 6.54 Å². The van der Waals surface area contributed by atoms with Crippen molar-refractivity contribution in [3.63, 3.8) is 0 Å². The highest BCUT2D eigenvalue weighted by Gasteiger charge is 2.25. The molecule has 1 aliphatic rings. The van der Waals surface area contributed by atoms with Crippen LogP contribution in [0.5, 0.6) is 0 Å². The molecule has 2 rings (SSSR count). The van der Waals surface area contributed by atoms with Gasteiger partial charge in [0.25, 0.3) is 5.91 Å². The standard InChI is InChI=1S/C12H12BrFN2O2/c13-7-3-4-9(14)8(6-7)11(17)16-10-2-1-5-15-12(10)18/h3-4,6,10H,1-2,5H2,(H,15,18)(H,16,17). The van der Waals surface area contributed by atoms with E-state index in [1.165, 1.54) is 18.2 Å². The smallest absolute Gasteiger partial charge is 0.254 e. The van der Waals surface area contributed by atoms with Crippen LogP contribution in [0, 0.1) is 5.82 Å². The molecule has 0 bridgehead atoms. The molecule has 4 nitrogen and oxygen atoms in total. The van der Waals surface area contributed by atoms with E-state index in [4.69, 9.17) is 0 Å². The Morgan fingerprint density at radius 1 is 1.50 bits per heavy atom. The first-order valence-corrected chi connectivity index (χ1v) is 6.41. The van der Waals surface area contributed by atoms with Gasteiger partial charge in [-0.2, -0.15) is 0 Å². The molecule has 6 heteroatoms. The zero-order valence-electron chi connectivity index (χ0n) is 9.50. The van der Waals surface area contributed by atoms with Gasteiger partial charge in [0.15, 0.2) is 0 Å². The van der Waals surface area contributed by atoms with Gasteiger partial charge in [-0.05, 0) is 31.0 Å². The first-order chi connectivity index (χ1) is 8.58. The molecular weight excluding hydrogens is 303 g/mol. The van der Waals surface area contributed by atoms with Crippen LogP contribution in [0.1, 0.15) is 23.2 Å². The van der Waals surface area contributed by atoms with E-state index in [0.717, 1.165) is 6.42 Å². The van der Waals surface area contributed by atoms with Crippen molar-refractivity contribution in [2.45, 2.75) is 18.9 Å². The lowest BCUT2D eigenvalue weighted by Gasteiger charge is -2.22. The van der Waals surface area contributed by atoms with Gasteiger partial charge in [0.1, 0.15) is 11.9 Å². The highest BCUT2D eigenvalue weighted by atomic mass is 79.9. The van der Waals surface area contributed by atoms with Crippen molar-refractivity contribution in [3.05, 3.63) is 34.1 Å². The number of halogens is 2. The molecule has 1 atom stereocenters. The topological polar surface area (TPSA) is 58.2 Å². The number of carbonyl (C=O) groups excluding carboxylic acids is 2. The summed E-state index contributed by atoms with van der Waals surface area (Å²) in [5.41, 5.74) is -0.0669. The van der Waals surface area contributed by atoms with E-state index >= 15 is 0 Å². The quantitative estimate of drug-likeness (QED) is 0.871. The number of hydrogen-bond donors (Lipinski definition) is 2. The molecular formula is C12H12BrFN2O2. The number of rotatable bonds is 2. The minimum atomic E-state index is -0.605. The van der Waals surface area contributed by atoms with Crippen molar-refractivity contribution in [3.8, 4) is 0 Å². The number of nitrogens with one attached hydrogen (secondary N) is 2. The predicted molar refractivity (Wildman–Crippen MR) is 67.6 cm³/mol. The average molecular weight is 315 g/mol. The fraction of sp³-hybridized carbons (Fsp3) is 0.333. The van der Waals surface area contributed by atoms with E-state index in [1.807, 2.05) is 0 Å². The zero-order chi connectivity index (χ0) is 13.1. The van der Waals surface area contributed by atoms with Gasteiger partial charge in [-0.25, -0.2) is 4.39 Å². The molecule has 0 saturated carbocycles. The Bertz CT molecular complexity index is 493. The highest BCUT2D eigenvalue weighted by Crippen LogP contribution is 2.16. The monoisotopic (exact) mass is 314 g/mol. The van der Waals surface area contributed by atoms with Gasteiger partial charge in [-0.15, -0.1) is 0 Å². The minimum Gasteiger partial charge on any atom is -0.354 e. The Morgan fingerprint density at radius 3 is 3.00 bits per heavy atom. The molecule has 1 aromatic carbocycles. The van der Waals surface area contributed by atoms with Gasteiger partial charge < -0.3 is 10.6 Å². The van der Waals surface area contributed by atoms with Crippen molar-refractivity contribution >= 4 is 27.7 Å². The van der Waals surface area contributed by atoms with Gasteiger partial charge in [0.2, 0.25) is 5.91 Å². The summed E-state index contributed by atoms with van der Waals surface area (Å²) in [6.45, 7) is 0.621. The lowest BCUT2D eigenvalue weighted by Crippen LogP contribution is -2.50. The molecule has 18 heavy (non-hydrogen) atoms. The molecule has 1 unspecified atom stereocenters. The number of amides is 2. The lowest BCUT2D eigenvalue weighted by atomic mass is 10.1. The van der Waals surface area contributed by atoms with Gasteiger partial charge in [-0.3, -0.25) is 9.59 Å². The highest BCUT2D eigenvalue weighted by molar-refractivity contribution is 9.10. The fourth-order valence-corrected chi connectivity index (χ4v) is 2.18. The summed E-state index contributed by atoms with van der Waals surface area (Å²) in [5, 5.41) is 5.20. The van der Waals surface area contributed by atoms with Crippen LogP contribution in [0.3, 0.4) is 0 Å². The second-order valence-corrected chi connectivity index (χ2v) is 5.00. The van der Waals surface area contributed by atoms with Crippen LogP contribution in [0.25, 0.3) is 0 Å². The summed E-state index contributed by atoms with van der Waals surface area (Å²) in [6.07, 6.45) is 1.38. The average Bonchev–Trinajstić information content (AvgIpc) is 2.35. The van der Waals surface area contributed by atoms with E-state index in [2.05, 4.69) is 26.6 Å². The number of hydrogen-bond acceptors (Lipinski definition) is 2. The molecule has 2 N–H and O–H groups in total. The normalized spacial score (nSPS) is 19.2. The Hall–Kier alpha value is -1.43.